The summed E-state index contributed by atoms with van der Waals surface area (Å²) in [7, 11) is 0. The Labute approximate surface area is 97.2 Å². The van der Waals surface area contributed by atoms with Crippen molar-refractivity contribution >= 4 is 21.6 Å². The number of alkyl halides is 1. The van der Waals surface area contributed by atoms with Crippen LogP contribution >= 0.6 is 15.9 Å². The molecule has 0 aromatic heterocycles. The first-order chi connectivity index (χ1) is 7.31. The molecule has 0 bridgehead atoms. The lowest BCUT2D eigenvalue weighted by Gasteiger charge is -2.29. The summed E-state index contributed by atoms with van der Waals surface area (Å²) in [6, 6.07) is 5.25. The van der Waals surface area contributed by atoms with E-state index >= 15 is 0 Å². The summed E-state index contributed by atoms with van der Waals surface area (Å²) in [4.78, 5) is 2.22. The van der Waals surface area contributed by atoms with Crippen molar-refractivity contribution in [1.82, 2.24) is 0 Å². The lowest BCUT2D eigenvalue weighted by Crippen LogP contribution is -2.36. The van der Waals surface area contributed by atoms with E-state index < -0.39 is 0 Å². The maximum absolute atomic E-state index is 13.3. The Morgan fingerprint density at radius 2 is 2.07 bits per heavy atom. The van der Waals surface area contributed by atoms with Gasteiger partial charge >= 0.3 is 0 Å². The van der Waals surface area contributed by atoms with Crippen molar-refractivity contribution in [2.24, 2.45) is 0 Å². The predicted octanol–water partition coefficient (Wildman–Crippen LogP) is 2.56. The number of rotatable bonds is 2. The van der Waals surface area contributed by atoms with E-state index in [1.54, 1.807) is 0 Å². The number of ether oxygens (including phenoxy) is 1. The van der Waals surface area contributed by atoms with Gasteiger partial charge in [0.1, 0.15) is 5.82 Å². The Morgan fingerprint density at radius 1 is 1.33 bits per heavy atom. The average molecular weight is 274 g/mol. The molecular weight excluding hydrogens is 261 g/mol. The first kappa shape index (κ1) is 10.9. The zero-order valence-corrected chi connectivity index (χ0v) is 9.96. The van der Waals surface area contributed by atoms with Gasteiger partial charge in [0.2, 0.25) is 0 Å². The smallest absolute Gasteiger partial charge is 0.127 e. The van der Waals surface area contributed by atoms with E-state index in [0.29, 0.717) is 10.9 Å². The molecule has 4 heteroatoms. The number of anilines is 1. The van der Waals surface area contributed by atoms with E-state index in [2.05, 4.69) is 20.8 Å². The Kier molecular flexibility index (Phi) is 3.59. The molecular formula is C11H13BrFNO. The molecule has 2 nitrogen and oxygen atoms in total. The summed E-state index contributed by atoms with van der Waals surface area (Å²) >= 11 is 3.28. The molecule has 0 radical (unpaired) electrons. The third kappa shape index (κ3) is 2.49. The fourth-order valence-electron chi connectivity index (χ4n) is 1.68. The van der Waals surface area contributed by atoms with Crippen LogP contribution in [-0.4, -0.2) is 26.3 Å². The number of benzene rings is 1. The van der Waals surface area contributed by atoms with E-state index in [0.717, 1.165) is 32.0 Å². The van der Waals surface area contributed by atoms with Crippen LogP contribution in [0.5, 0.6) is 0 Å². The third-order valence-electron chi connectivity index (χ3n) is 2.55. The minimum Gasteiger partial charge on any atom is -0.378 e. The van der Waals surface area contributed by atoms with Crippen molar-refractivity contribution in [3.8, 4) is 0 Å². The summed E-state index contributed by atoms with van der Waals surface area (Å²) in [5, 5.41) is 0.553. The molecule has 0 aliphatic carbocycles. The fraction of sp³-hybridized carbons (Fsp3) is 0.455. The van der Waals surface area contributed by atoms with Gasteiger partial charge in [-0.2, -0.15) is 0 Å². The van der Waals surface area contributed by atoms with Crippen molar-refractivity contribution in [2.75, 3.05) is 31.2 Å². The second-order valence-electron chi connectivity index (χ2n) is 3.51. The molecule has 0 amide bonds. The Bertz CT molecular complexity index is 339. The van der Waals surface area contributed by atoms with Crippen LogP contribution in [0.4, 0.5) is 10.1 Å². The molecule has 1 aromatic carbocycles. The molecule has 2 rings (SSSR count). The number of hydrogen-bond donors (Lipinski definition) is 0. The van der Waals surface area contributed by atoms with E-state index in [9.17, 15) is 4.39 Å². The van der Waals surface area contributed by atoms with E-state index in [1.165, 1.54) is 6.07 Å². The normalized spacial score (nSPS) is 16.8. The van der Waals surface area contributed by atoms with Gasteiger partial charge in [-0.15, -0.1) is 0 Å². The Balaban J connectivity index is 2.20. The van der Waals surface area contributed by atoms with E-state index in [4.69, 9.17) is 4.74 Å². The molecule has 1 aliphatic rings. The summed E-state index contributed by atoms with van der Waals surface area (Å²) < 4.78 is 18.5. The van der Waals surface area contributed by atoms with Gasteiger partial charge in [-0.3, -0.25) is 0 Å². The highest BCUT2D eigenvalue weighted by Crippen LogP contribution is 2.21. The molecule has 0 N–H and O–H groups in total. The van der Waals surface area contributed by atoms with Gasteiger partial charge in [0.05, 0.1) is 13.2 Å². The van der Waals surface area contributed by atoms with Gasteiger partial charge in [0, 0.05) is 29.7 Å². The minimum absolute atomic E-state index is 0.149. The maximum Gasteiger partial charge on any atom is 0.127 e. The highest BCUT2D eigenvalue weighted by Gasteiger charge is 2.12. The number of hydrogen-bond acceptors (Lipinski definition) is 2. The maximum atomic E-state index is 13.3. The SMILES string of the molecule is Fc1ccc(N2CCOCC2)cc1CBr. The summed E-state index contributed by atoms with van der Waals surface area (Å²) in [6.07, 6.45) is 0. The third-order valence-corrected chi connectivity index (χ3v) is 3.15. The zero-order valence-electron chi connectivity index (χ0n) is 8.38. The van der Waals surface area contributed by atoms with Crippen LogP contribution in [0.25, 0.3) is 0 Å². The molecule has 1 heterocycles. The lowest BCUT2D eigenvalue weighted by atomic mass is 10.2. The first-order valence-corrected chi connectivity index (χ1v) is 6.10. The number of morpholine rings is 1. The highest BCUT2D eigenvalue weighted by atomic mass is 79.9. The largest absolute Gasteiger partial charge is 0.378 e. The molecule has 0 atom stereocenters. The lowest BCUT2D eigenvalue weighted by molar-refractivity contribution is 0.122. The first-order valence-electron chi connectivity index (χ1n) is 4.98. The van der Waals surface area contributed by atoms with Crippen molar-refractivity contribution in [2.45, 2.75) is 5.33 Å². The van der Waals surface area contributed by atoms with Crippen LogP contribution in [0.2, 0.25) is 0 Å². The van der Waals surface area contributed by atoms with Crippen molar-refractivity contribution in [3.63, 3.8) is 0 Å². The zero-order chi connectivity index (χ0) is 10.7. The summed E-state index contributed by atoms with van der Waals surface area (Å²) in [5.74, 6) is -0.149. The van der Waals surface area contributed by atoms with Crippen LogP contribution in [0.1, 0.15) is 5.56 Å². The molecule has 0 spiro atoms. The second kappa shape index (κ2) is 4.94. The molecule has 1 aliphatic heterocycles. The van der Waals surface area contributed by atoms with Crippen molar-refractivity contribution < 1.29 is 9.13 Å². The summed E-state index contributed by atoms with van der Waals surface area (Å²) in [5.41, 5.74) is 1.79. The van der Waals surface area contributed by atoms with Gasteiger partial charge in [-0.05, 0) is 18.2 Å². The van der Waals surface area contributed by atoms with Crippen LogP contribution in [0.3, 0.4) is 0 Å². The van der Waals surface area contributed by atoms with Gasteiger partial charge in [-0.1, -0.05) is 15.9 Å². The molecule has 0 unspecified atom stereocenters. The summed E-state index contributed by atoms with van der Waals surface area (Å²) in [6.45, 7) is 3.27. The molecule has 0 saturated carbocycles. The fourth-order valence-corrected chi connectivity index (χ4v) is 2.11. The van der Waals surface area contributed by atoms with Crippen LogP contribution in [0.15, 0.2) is 18.2 Å². The highest BCUT2D eigenvalue weighted by molar-refractivity contribution is 9.08. The van der Waals surface area contributed by atoms with Gasteiger partial charge in [0.25, 0.3) is 0 Å². The van der Waals surface area contributed by atoms with Crippen LogP contribution in [0, 0.1) is 5.82 Å². The van der Waals surface area contributed by atoms with Crippen LogP contribution in [-0.2, 0) is 10.1 Å². The average Bonchev–Trinajstić information content (AvgIpc) is 2.31. The quantitative estimate of drug-likeness (QED) is 0.768. The minimum atomic E-state index is -0.149. The van der Waals surface area contributed by atoms with Crippen molar-refractivity contribution in [1.29, 1.82) is 0 Å². The standard InChI is InChI=1S/C11H13BrFNO/c12-8-9-7-10(1-2-11(9)13)14-3-5-15-6-4-14/h1-2,7H,3-6,8H2. The molecule has 1 fully saturated rings. The number of halogens is 2. The molecule has 1 saturated heterocycles. The molecule has 1 aromatic rings. The van der Waals surface area contributed by atoms with E-state index in [1.807, 2.05) is 12.1 Å². The molecule has 15 heavy (non-hydrogen) atoms. The van der Waals surface area contributed by atoms with Gasteiger partial charge < -0.3 is 9.64 Å². The van der Waals surface area contributed by atoms with E-state index in [-0.39, 0.29) is 5.82 Å². The second-order valence-corrected chi connectivity index (χ2v) is 4.07. The Morgan fingerprint density at radius 3 is 2.73 bits per heavy atom. The molecule has 82 valence electrons. The Hall–Kier alpha value is -0.610. The van der Waals surface area contributed by atoms with Crippen LogP contribution < -0.4 is 4.90 Å². The topological polar surface area (TPSA) is 12.5 Å². The number of nitrogens with zero attached hydrogens (tertiary/aromatic N) is 1. The van der Waals surface area contributed by atoms with Gasteiger partial charge in [0.15, 0.2) is 0 Å². The predicted molar refractivity (Wildman–Crippen MR) is 62.1 cm³/mol. The monoisotopic (exact) mass is 273 g/mol. The van der Waals surface area contributed by atoms with Crippen molar-refractivity contribution in [3.05, 3.63) is 29.6 Å². The van der Waals surface area contributed by atoms with Gasteiger partial charge in [-0.25, -0.2) is 4.39 Å².